The molecule has 1 N–H and O–H groups in total. The molecule has 43 heavy (non-hydrogen) atoms. The van der Waals surface area contributed by atoms with Gasteiger partial charge in [-0.3, -0.25) is 13.9 Å². The molecule has 1 atom stereocenters. The summed E-state index contributed by atoms with van der Waals surface area (Å²) >= 11 is 0. The van der Waals surface area contributed by atoms with E-state index in [1.807, 2.05) is 68.4 Å². The van der Waals surface area contributed by atoms with Crippen molar-refractivity contribution >= 4 is 27.5 Å². The van der Waals surface area contributed by atoms with Crippen molar-refractivity contribution in [3.05, 3.63) is 125 Å². The van der Waals surface area contributed by atoms with E-state index < -0.39 is 28.5 Å². The molecule has 0 radical (unpaired) electrons. The first-order valence-corrected chi connectivity index (χ1v) is 15.4. The molecular weight excluding hydrogens is 562 g/mol. The minimum Gasteiger partial charge on any atom is -0.497 e. The number of hydrogen-bond donors (Lipinski definition) is 1. The molecule has 4 aromatic carbocycles. The zero-order chi connectivity index (χ0) is 31.0. The minimum absolute atomic E-state index is 0.0625. The fourth-order valence-corrected chi connectivity index (χ4v) is 6.40. The molecule has 9 heteroatoms. The van der Waals surface area contributed by atoms with Gasteiger partial charge >= 0.3 is 0 Å². The van der Waals surface area contributed by atoms with E-state index >= 15 is 0 Å². The highest BCUT2D eigenvalue weighted by molar-refractivity contribution is 7.92. The number of carbonyl (C=O) groups excluding carboxylic acids is 2. The van der Waals surface area contributed by atoms with Crippen LogP contribution in [0.2, 0.25) is 0 Å². The first-order chi connectivity index (χ1) is 20.6. The van der Waals surface area contributed by atoms with Crippen LogP contribution in [-0.2, 0) is 32.6 Å². The van der Waals surface area contributed by atoms with Gasteiger partial charge < -0.3 is 15.0 Å². The van der Waals surface area contributed by atoms with Crippen LogP contribution >= 0.6 is 0 Å². The molecule has 0 saturated heterocycles. The molecule has 0 fully saturated rings. The Balaban J connectivity index is 1.82. The van der Waals surface area contributed by atoms with E-state index in [1.165, 1.54) is 24.1 Å². The van der Waals surface area contributed by atoms with Crippen molar-refractivity contribution in [2.24, 2.45) is 0 Å². The molecule has 0 aliphatic carbocycles. The molecule has 8 nitrogen and oxygen atoms in total. The Hall–Kier alpha value is -4.63. The van der Waals surface area contributed by atoms with Gasteiger partial charge in [0.1, 0.15) is 18.3 Å². The molecule has 0 aliphatic rings. The number of ether oxygens (including phenoxy) is 1. The van der Waals surface area contributed by atoms with Gasteiger partial charge in [0, 0.05) is 20.0 Å². The number of amides is 2. The quantitative estimate of drug-likeness (QED) is 0.250. The van der Waals surface area contributed by atoms with Crippen LogP contribution in [0.5, 0.6) is 5.75 Å². The predicted octanol–water partition coefficient (Wildman–Crippen LogP) is 4.89. The second-order valence-electron chi connectivity index (χ2n) is 10.3. The largest absolute Gasteiger partial charge is 0.497 e. The second kappa shape index (κ2) is 14.0. The van der Waals surface area contributed by atoms with E-state index in [2.05, 4.69) is 5.32 Å². The lowest BCUT2D eigenvalue weighted by Gasteiger charge is -2.34. The van der Waals surface area contributed by atoms with Crippen LogP contribution in [0.25, 0.3) is 0 Å². The third-order valence-corrected chi connectivity index (χ3v) is 9.02. The highest BCUT2D eigenvalue weighted by atomic mass is 32.2. The number of carbonyl (C=O) groups is 2. The number of methoxy groups -OCH3 is 1. The van der Waals surface area contributed by atoms with Gasteiger partial charge in [0.05, 0.1) is 17.7 Å². The molecular formula is C34H37N3O5S. The Bertz CT molecular complexity index is 1660. The Labute approximate surface area is 254 Å². The lowest BCUT2D eigenvalue weighted by atomic mass is 10.0. The second-order valence-corrected chi connectivity index (χ2v) is 12.2. The van der Waals surface area contributed by atoms with Gasteiger partial charge in [0.15, 0.2) is 0 Å². The predicted molar refractivity (Wildman–Crippen MR) is 168 cm³/mol. The molecule has 0 spiro atoms. The molecule has 4 aromatic rings. The average Bonchev–Trinajstić information content (AvgIpc) is 3.03. The van der Waals surface area contributed by atoms with Gasteiger partial charge in [-0.05, 0) is 66.4 Å². The average molecular weight is 600 g/mol. The van der Waals surface area contributed by atoms with E-state index in [0.29, 0.717) is 17.0 Å². The number of rotatable bonds is 12. The van der Waals surface area contributed by atoms with Crippen molar-refractivity contribution in [1.82, 2.24) is 10.2 Å². The number of anilines is 1. The van der Waals surface area contributed by atoms with E-state index in [-0.39, 0.29) is 23.8 Å². The number of nitrogens with one attached hydrogen (secondary N) is 1. The molecule has 0 bridgehead atoms. The van der Waals surface area contributed by atoms with Crippen molar-refractivity contribution in [1.29, 1.82) is 0 Å². The normalized spacial score (nSPS) is 11.8. The summed E-state index contributed by atoms with van der Waals surface area (Å²) in [4.78, 5) is 29.3. The van der Waals surface area contributed by atoms with Gasteiger partial charge in [-0.2, -0.15) is 0 Å². The fourth-order valence-electron chi connectivity index (χ4n) is 4.91. The zero-order valence-electron chi connectivity index (χ0n) is 24.9. The van der Waals surface area contributed by atoms with Crippen LogP contribution in [-0.4, -0.2) is 51.9 Å². The first-order valence-electron chi connectivity index (χ1n) is 14.0. The van der Waals surface area contributed by atoms with Crippen molar-refractivity contribution in [3.8, 4) is 5.75 Å². The van der Waals surface area contributed by atoms with E-state index in [1.54, 1.807) is 43.5 Å². The Kier molecular flexibility index (Phi) is 10.2. The highest BCUT2D eigenvalue weighted by Crippen LogP contribution is 2.29. The number of aryl methyl sites for hydroxylation is 2. The van der Waals surface area contributed by atoms with Crippen LogP contribution < -0.4 is 14.4 Å². The molecule has 0 saturated carbocycles. The molecule has 224 valence electrons. The van der Waals surface area contributed by atoms with E-state index in [9.17, 15) is 18.0 Å². The summed E-state index contributed by atoms with van der Waals surface area (Å²) in [6.45, 7) is 3.24. The molecule has 2 amide bonds. The number of likely N-dealkylation sites (N-methyl/N-ethyl adjacent to an activating group) is 1. The Morgan fingerprint density at radius 3 is 2.14 bits per heavy atom. The van der Waals surface area contributed by atoms with Crippen LogP contribution in [0.1, 0.15) is 22.3 Å². The summed E-state index contributed by atoms with van der Waals surface area (Å²) in [7, 11) is -1.07. The fraction of sp³-hybridized carbons (Fsp3) is 0.235. The minimum atomic E-state index is -4.15. The summed E-state index contributed by atoms with van der Waals surface area (Å²) in [5.74, 6) is -0.273. The number of sulfonamides is 1. The maximum absolute atomic E-state index is 14.4. The number of benzene rings is 4. The topological polar surface area (TPSA) is 96.0 Å². The van der Waals surface area contributed by atoms with Gasteiger partial charge in [0.25, 0.3) is 10.0 Å². The third kappa shape index (κ3) is 7.61. The van der Waals surface area contributed by atoms with E-state index in [4.69, 9.17) is 4.74 Å². The van der Waals surface area contributed by atoms with Crippen LogP contribution in [0.4, 0.5) is 5.69 Å². The standard InChI is InChI=1S/C34H37N3O5S/c1-25-18-19-26(2)31(20-25)37(43(40,41)30-16-9-6-10-17-30)24-33(38)36(23-28-14-11-15-29(21-28)42-4)32(34(39)35-3)22-27-12-7-5-8-13-27/h5-21,32H,22-24H2,1-4H3,(H,35,39)/t32-/m0/s1. The third-order valence-electron chi connectivity index (χ3n) is 7.25. The Morgan fingerprint density at radius 1 is 0.837 bits per heavy atom. The summed E-state index contributed by atoms with van der Waals surface area (Å²) in [6, 6.07) is 29.3. The lowest BCUT2D eigenvalue weighted by Crippen LogP contribution is -2.53. The van der Waals surface area contributed by atoms with Crippen LogP contribution in [0.15, 0.2) is 108 Å². The van der Waals surface area contributed by atoms with Crippen molar-refractivity contribution in [2.45, 2.75) is 37.8 Å². The van der Waals surface area contributed by atoms with Crippen molar-refractivity contribution in [3.63, 3.8) is 0 Å². The molecule has 0 aromatic heterocycles. The lowest BCUT2D eigenvalue weighted by molar-refractivity contribution is -0.139. The smallest absolute Gasteiger partial charge is 0.264 e. The maximum Gasteiger partial charge on any atom is 0.264 e. The number of hydrogen-bond acceptors (Lipinski definition) is 5. The SMILES string of the molecule is CNC(=O)[C@H](Cc1ccccc1)N(Cc1cccc(OC)c1)C(=O)CN(c1cc(C)ccc1C)S(=O)(=O)c1ccccc1. The van der Waals surface area contributed by atoms with E-state index in [0.717, 1.165) is 21.0 Å². The Morgan fingerprint density at radius 2 is 1.49 bits per heavy atom. The van der Waals surface area contributed by atoms with Crippen LogP contribution in [0.3, 0.4) is 0 Å². The van der Waals surface area contributed by atoms with Crippen molar-refractivity contribution in [2.75, 3.05) is 25.0 Å². The molecule has 4 rings (SSSR count). The summed E-state index contributed by atoms with van der Waals surface area (Å²) in [5, 5.41) is 2.70. The monoisotopic (exact) mass is 599 g/mol. The summed E-state index contributed by atoms with van der Waals surface area (Å²) in [6.07, 6.45) is 0.241. The van der Waals surface area contributed by atoms with Gasteiger partial charge in [0.2, 0.25) is 11.8 Å². The first kappa shape index (κ1) is 31.3. The maximum atomic E-state index is 14.4. The molecule has 0 aliphatic heterocycles. The van der Waals surface area contributed by atoms with Crippen molar-refractivity contribution < 1.29 is 22.7 Å². The summed E-state index contributed by atoms with van der Waals surface area (Å²) in [5.41, 5.74) is 3.55. The van der Waals surface area contributed by atoms with Crippen LogP contribution in [0, 0.1) is 13.8 Å². The number of nitrogens with zero attached hydrogens (tertiary/aromatic N) is 2. The van der Waals surface area contributed by atoms with Gasteiger partial charge in [-0.25, -0.2) is 8.42 Å². The molecule has 0 heterocycles. The summed E-state index contributed by atoms with van der Waals surface area (Å²) < 4.78 is 34.8. The van der Waals surface area contributed by atoms with Gasteiger partial charge in [-0.1, -0.05) is 72.8 Å². The zero-order valence-corrected chi connectivity index (χ0v) is 25.7. The van der Waals surface area contributed by atoms with Gasteiger partial charge in [-0.15, -0.1) is 0 Å². The molecule has 0 unspecified atom stereocenters. The highest BCUT2D eigenvalue weighted by Gasteiger charge is 2.34.